The summed E-state index contributed by atoms with van der Waals surface area (Å²) >= 11 is 8.88. The molecule has 1 aliphatic heterocycles. The molecule has 1 aromatic rings. The van der Waals surface area contributed by atoms with Gasteiger partial charge >= 0.3 is 6.09 Å². The fourth-order valence-corrected chi connectivity index (χ4v) is 7.38. The largest absolute Gasteiger partial charge is 0.442 e. The Morgan fingerprint density at radius 2 is 1.85 bits per heavy atom. The molecule has 218 valence electrons. The van der Waals surface area contributed by atoms with E-state index in [1.165, 1.54) is 0 Å². The van der Waals surface area contributed by atoms with Crippen LogP contribution in [0.1, 0.15) is 86.6 Å². The predicted octanol–water partition coefficient (Wildman–Crippen LogP) is 7.85. The van der Waals surface area contributed by atoms with Gasteiger partial charge in [-0.25, -0.2) is 4.79 Å². The Labute approximate surface area is 254 Å². The van der Waals surface area contributed by atoms with Gasteiger partial charge in [0, 0.05) is 15.7 Å². The molecular weight excluding hydrogens is 645 g/mol. The second-order valence-electron chi connectivity index (χ2n) is 13.8. The second-order valence-corrected chi connectivity index (χ2v) is 20.1. The number of rotatable bonds is 4. The summed E-state index contributed by atoms with van der Waals surface area (Å²) in [4.78, 5) is 32.8. The number of benzene rings is 1. The van der Waals surface area contributed by atoms with Gasteiger partial charge in [0.15, 0.2) is 8.32 Å². The van der Waals surface area contributed by atoms with Crippen molar-refractivity contribution < 1.29 is 18.8 Å². The fraction of sp³-hybridized carbons (Fsp3) is 0.690. The van der Waals surface area contributed by atoms with Crippen LogP contribution in [-0.2, 0) is 19.5 Å². The zero-order chi connectivity index (χ0) is 29.6. The molecule has 1 aliphatic carbocycles. The Morgan fingerprint density at radius 1 is 1.21 bits per heavy atom. The average molecular weight is 690 g/mol. The topological polar surface area (TPSA) is 80.2 Å². The number of halogens is 2. The molecule has 0 unspecified atom stereocenters. The molecule has 0 spiro atoms. The molecule has 39 heavy (non-hydrogen) atoms. The third-order valence-corrected chi connectivity index (χ3v) is 14.3. The van der Waals surface area contributed by atoms with Gasteiger partial charge in [-0.3, -0.25) is 9.69 Å². The number of carbonyl (C=O) groups is 2. The van der Waals surface area contributed by atoms with Crippen LogP contribution in [0.3, 0.4) is 0 Å². The lowest BCUT2D eigenvalue weighted by Gasteiger charge is -2.48. The molecule has 1 saturated heterocycles. The molecule has 1 saturated carbocycles. The molecule has 0 bridgehead atoms. The van der Waals surface area contributed by atoms with E-state index >= 15 is 0 Å². The van der Waals surface area contributed by atoms with Crippen LogP contribution in [0.25, 0.3) is 0 Å². The fourth-order valence-electron chi connectivity index (χ4n) is 5.08. The van der Waals surface area contributed by atoms with Crippen molar-refractivity contribution in [2.45, 2.75) is 122 Å². The summed E-state index contributed by atoms with van der Waals surface area (Å²) in [6.45, 7) is 20.8. The molecule has 2 amide bonds. The van der Waals surface area contributed by atoms with E-state index in [0.29, 0.717) is 5.02 Å². The van der Waals surface area contributed by atoms with Gasteiger partial charge in [0.25, 0.3) is 0 Å². The first-order valence-electron chi connectivity index (χ1n) is 13.8. The summed E-state index contributed by atoms with van der Waals surface area (Å²) < 4.78 is 13.2. The number of hydrogen-bond acceptors (Lipinski definition) is 4. The smallest absolute Gasteiger partial charge is 0.437 e. The number of hydrogen-bond donors (Lipinski definition) is 1. The molecule has 0 aromatic heterocycles. The normalized spacial score (nSPS) is 27.9. The second kappa shape index (κ2) is 11.6. The SMILES string of the molecule is C[C@H]1C[C@@H](N2C(=O)C[C@@](C)(c3cccc(I)c3Cl)N/C2=N\C(=O)OC(C)(C)C)CC[C@H]1O[Si](C)(C)C(C)(C)C. The van der Waals surface area contributed by atoms with E-state index in [2.05, 4.69) is 73.7 Å². The minimum absolute atomic E-state index is 0.0885. The minimum Gasteiger partial charge on any atom is -0.442 e. The number of nitrogens with zero attached hydrogens (tertiary/aromatic N) is 2. The maximum atomic E-state index is 13.9. The quantitative estimate of drug-likeness (QED) is 0.257. The van der Waals surface area contributed by atoms with Crippen LogP contribution in [0.5, 0.6) is 0 Å². The highest BCUT2D eigenvalue weighted by Gasteiger charge is 2.47. The minimum atomic E-state index is -1.92. The Kier molecular flexibility index (Phi) is 9.62. The molecule has 1 aromatic carbocycles. The van der Waals surface area contributed by atoms with Crippen LogP contribution < -0.4 is 5.32 Å². The van der Waals surface area contributed by atoms with Crippen molar-refractivity contribution in [3.8, 4) is 0 Å². The van der Waals surface area contributed by atoms with Crippen molar-refractivity contribution in [1.29, 1.82) is 0 Å². The van der Waals surface area contributed by atoms with E-state index < -0.39 is 25.6 Å². The predicted molar refractivity (Wildman–Crippen MR) is 169 cm³/mol. The first-order chi connectivity index (χ1) is 17.7. The van der Waals surface area contributed by atoms with Gasteiger partial charge in [0.2, 0.25) is 11.9 Å². The maximum absolute atomic E-state index is 13.9. The molecule has 1 N–H and O–H groups in total. The Hall–Kier alpha value is -1.17. The molecule has 2 fully saturated rings. The molecule has 2 aliphatic rings. The van der Waals surface area contributed by atoms with Gasteiger partial charge in [0.05, 0.1) is 17.0 Å². The van der Waals surface area contributed by atoms with Crippen LogP contribution in [0, 0.1) is 9.49 Å². The third-order valence-electron chi connectivity index (χ3n) is 8.21. The maximum Gasteiger partial charge on any atom is 0.437 e. The molecule has 0 radical (unpaired) electrons. The van der Waals surface area contributed by atoms with Crippen molar-refractivity contribution in [3.63, 3.8) is 0 Å². The first kappa shape index (κ1) is 32.3. The molecule has 1 heterocycles. The van der Waals surface area contributed by atoms with E-state index in [1.54, 1.807) is 25.7 Å². The molecule has 10 heteroatoms. The monoisotopic (exact) mass is 689 g/mol. The Balaban J connectivity index is 1.92. The number of carbonyl (C=O) groups excluding carboxylic acids is 2. The number of guanidine groups is 1. The van der Waals surface area contributed by atoms with Crippen LogP contribution in [-0.4, -0.2) is 48.9 Å². The number of nitrogens with one attached hydrogen (secondary N) is 1. The van der Waals surface area contributed by atoms with Gasteiger partial charge < -0.3 is 14.5 Å². The average Bonchev–Trinajstić information content (AvgIpc) is 2.74. The summed E-state index contributed by atoms with van der Waals surface area (Å²) in [5.41, 5.74) is -0.748. The standard InChI is InChI=1S/C29H45ClIN3O4Si/c1-18-16-19(14-15-22(18)38-39(9,10)28(5,6)7)34-23(35)17-29(8,20-12-11-13-21(31)24(20)30)33-25(34)32-26(36)37-27(2,3)4/h11-13,18-19,22H,14-17H2,1-10H3,(H,32,33,36)/t18-,19-,22+,29-/m0/s1. The number of ether oxygens (including phenoxy) is 1. The Bertz CT molecular complexity index is 1130. The van der Waals surface area contributed by atoms with Crippen molar-refractivity contribution in [3.05, 3.63) is 32.4 Å². The molecule has 3 rings (SSSR count). The zero-order valence-corrected chi connectivity index (χ0v) is 29.0. The van der Waals surface area contributed by atoms with Crippen molar-refractivity contribution in [1.82, 2.24) is 10.2 Å². The van der Waals surface area contributed by atoms with Crippen LogP contribution >= 0.6 is 34.2 Å². The van der Waals surface area contributed by atoms with Crippen molar-refractivity contribution in [2.75, 3.05) is 0 Å². The highest BCUT2D eigenvalue weighted by Crippen LogP contribution is 2.42. The lowest BCUT2D eigenvalue weighted by molar-refractivity contribution is -0.133. The van der Waals surface area contributed by atoms with Gasteiger partial charge in [0.1, 0.15) is 5.60 Å². The van der Waals surface area contributed by atoms with Gasteiger partial charge in [-0.05, 0) is 105 Å². The van der Waals surface area contributed by atoms with E-state index in [4.69, 9.17) is 20.8 Å². The molecule has 4 atom stereocenters. The van der Waals surface area contributed by atoms with Crippen LogP contribution in [0.15, 0.2) is 23.2 Å². The van der Waals surface area contributed by atoms with E-state index in [0.717, 1.165) is 28.4 Å². The van der Waals surface area contributed by atoms with Crippen LogP contribution in [0.2, 0.25) is 23.2 Å². The van der Waals surface area contributed by atoms with Crippen molar-refractivity contribution in [2.24, 2.45) is 10.9 Å². The summed E-state index contributed by atoms with van der Waals surface area (Å²) in [6.07, 6.45) is 1.99. The Morgan fingerprint density at radius 3 is 2.41 bits per heavy atom. The third kappa shape index (κ3) is 7.57. The number of aliphatic imine (C=N–C) groups is 1. The first-order valence-corrected chi connectivity index (χ1v) is 18.1. The lowest BCUT2D eigenvalue weighted by Crippen LogP contribution is -2.63. The zero-order valence-electron chi connectivity index (χ0n) is 25.1. The summed E-state index contributed by atoms with van der Waals surface area (Å²) in [7, 11) is -1.92. The molecule has 7 nitrogen and oxygen atoms in total. The van der Waals surface area contributed by atoms with Gasteiger partial charge in [-0.1, -0.05) is 51.4 Å². The summed E-state index contributed by atoms with van der Waals surface area (Å²) in [5.74, 6) is 0.389. The van der Waals surface area contributed by atoms with Gasteiger partial charge in [-0.15, -0.1) is 4.99 Å². The summed E-state index contributed by atoms with van der Waals surface area (Å²) in [6, 6.07) is 5.66. The summed E-state index contributed by atoms with van der Waals surface area (Å²) in [5, 5.41) is 4.15. The number of amides is 2. The van der Waals surface area contributed by atoms with E-state index in [9.17, 15) is 9.59 Å². The lowest BCUT2D eigenvalue weighted by atomic mass is 9.82. The van der Waals surface area contributed by atoms with Crippen molar-refractivity contribution >= 4 is 60.5 Å². The highest BCUT2D eigenvalue weighted by atomic mass is 127. The van der Waals surface area contributed by atoms with E-state index in [-0.39, 0.29) is 41.4 Å². The van der Waals surface area contributed by atoms with E-state index in [1.807, 2.05) is 25.1 Å². The van der Waals surface area contributed by atoms with Gasteiger partial charge in [-0.2, -0.15) is 0 Å². The molecular formula is C29H45ClIN3O4Si. The van der Waals surface area contributed by atoms with Crippen LogP contribution in [0.4, 0.5) is 4.79 Å². The highest BCUT2D eigenvalue weighted by molar-refractivity contribution is 14.1.